The van der Waals surface area contributed by atoms with Gasteiger partial charge < -0.3 is 9.63 Å². The number of hydrogen-bond acceptors (Lipinski definition) is 3. The molecular formula is C17H29O3P. The number of phenolic OH excluding ortho intramolecular Hbond substituents is 1. The number of rotatable bonds is 4. The average molecular weight is 312 g/mol. The van der Waals surface area contributed by atoms with Gasteiger partial charge in [0.15, 0.2) is 8.03 Å². The van der Waals surface area contributed by atoms with Gasteiger partial charge in [-0.05, 0) is 39.7 Å². The van der Waals surface area contributed by atoms with Crippen LogP contribution < -0.4 is 0 Å². The Kier molecular flexibility index (Phi) is 5.69. The van der Waals surface area contributed by atoms with E-state index >= 15 is 0 Å². The van der Waals surface area contributed by atoms with E-state index in [1.807, 2.05) is 19.1 Å². The summed E-state index contributed by atoms with van der Waals surface area (Å²) in [5, 5.41) is 10.6. The van der Waals surface area contributed by atoms with Crippen LogP contribution in [-0.2, 0) is 26.5 Å². The zero-order valence-electron chi connectivity index (χ0n) is 14.3. The van der Waals surface area contributed by atoms with Gasteiger partial charge in [-0.3, -0.25) is 4.57 Å². The fraction of sp³-hybridized carbons (Fsp3) is 0.647. The first kappa shape index (κ1) is 18.3. The van der Waals surface area contributed by atoms with Gasteiger partial charge in [0.1, 0.15) is 5.75 Å². The summed E-state index contributed by atoms with van der Waals surface area (Å²) in [6.07, 6.45) is 0.557. The van der Waals surface area contributed by atoms with Crippen molar-refractivity contribution < 1.29 is 14.2 Å². The molecule has 0 aliphatic heterocycles. The summed E-state index contributed by atoms with van der Waals surface area (Å²) in [6, 6.07) is 3.94. The number of hydrogen-bond donors (Lipinski definition) is 1. The Hall–Kier alpha value is -0.790. The summed E-state index contributed by atoms with van der Waals surface area (Å²) in [5.41, 5.74) is 2.47. The highest BCUT2D eigenvalue weighted by Crippen LogP contribution is 2.40. The van der Waals surface area contributed by atoms with Crippen LogP contribution in [0.1, 0.15) is 65.2 Å². The summed E-state index contributed by atoms with van der Waals surface area (Å²) in [6.45, 7) is 14.7. The minimum atomic E-state index is -1.94. The molecule has 1 aromatic carbocycles. The zero-order chi connectivity index (χ0) is 16.4. The van der Waals surface area contributed by atoms with Gasteiger partial charge in [-0.25, -0.2) is 0 Å². The van der Waals surface area contributed by atoms with Crippen LogP contribution in [0.2, 0.25) is 0 Å². The second-order valence-corrected chi connectivity index (χ2v) is 9.29. The minimum Gasteiger partial charge on any atom is -0.507 e. The number of benzene rings is 1. The molecule has 0 aromatic heterocycles. The van der Waals surface area contributed by atoms with Gasteiger partial charge >= 0.3 is 0 Å². The maximum Gasteiger partial charge on any atom is 0.191 e. The molecule has 4 heteroatoms. The predicted octanol–water partition coefficient (Wildman–Crippen LogP) is 5.00. The van der Waals surface area contributed by atoms with Crippen LogP contribution in [0.4, 0.5) is 0 Å². The molecule has 0 heterocycles. The SMILES string of the molecule is CC[PH](=O)OCc1cc(C(C)(C)C)c(O)c(C(C)(C)C)c1. The Bertz CT molecular complexity index is 487. The van der Waals surface area contributed by atoms with Crippen molar-refractivity contribution in [3.8, 4) is 5.75 Å². The van der Waals surface area contributed by atoms with Crippen molar-refractivity contribution in [2.24, 2.45) is 0 Å². The van der Waals surface area contributed by atoms with Crippen molar-refractivity contribution in [3.05, 3.63) is 28.8 Å². The first-order valence-electron chi connectivity index (χ1n) is 7.49. The van der Waals surface area contributed by atoms with Gasteiger partial charge in [0.25, 0.3) is 0 Å². The molecule has 1 aromatic rings. The molecule has 0 radical (unpaired) electrons. The lowest BCUT2D eigenvalue weighted by molar-refractivity contribution is 0.318. The Balaban J connectivity index is 3.31. The van der Waals surface area contributed by atoms with Crippen LogP contribution >= 0.6 is 8.03 Å². The fourth-order valence-corrected chi connectivity index (χ4v) is 2.72. The van der Waals surface area contributed by atoms with E-state index in [1.165, 1.54) is 0 Å². The smallest absolute Gasteiger partial charge is 0.191 e. The van der Waals surface area contributed by atoms with E-state index in [4.69, 9.17) is 4.52 Å². The van der Waals surface area contributed by atoms with Crippen molar-refractivity contribution in [2.45, 2.75) is 65.9 Å². The standard InChI is InChI=1S/C17H29O3P/c1-8-21(19)20-11-12-9-13(16(2,3)4)15(18)14(10-12)17(5,6)7/h9-10,18,21H,8,11H2,1-7H3. The highest BCUT2D eigenvalue weighted by atomic mass is 31.1. The van der Waals surface area contributed by atoms with Gasteiger partial charge in [0, 0.05) is 6.16 Å². The van der Waals surface area contributed by atoms with E-state index in [0.717, 1.165) is 16.7 Å². The maximum atomic E-state index is 11.5. The molecule has 1 unspecified atom stereocenters. The lowest BCUT2D eigenvalue weighted by atomic mass is 9.78. The van der Waals surface area contributed by atoms with Crippen LogP contribution in [-0.4, -0.2) is 11.3 Å². The molecule has 21 heavy (non-hydrogen) atoms. The maximum absolute atomic E-state index is 11.5. The predicted molar refractivity (Wildman–Crippen MR) is 89.8 cm³/mol. The molecule has 0 aliphatic carbocycles. The number of aromatic hydroxyl groups is 1. The largest absolute Gasteiger partial charge is 0.507 e. The van der Waals surface area contributed by atoms with Crippen molar-refractivity contribution in [1.82, 2.24) is 0 Å². The Morgan fingerprint density at radius 2 is 1.48 bits per heavy atom. The molecule has 1 rings (SSSR count). The molecule has 0 saturated heterocycles. The second kappa shape index (κ2) is 6.54. The summed E-state index contributed by atoms with van der Waals surface area (Å²) >= 11 is 0. The summed E-state index contributed by atoms with van der Waals surface area (Å²) in [5.74, 6) is 0.363. The van der Waals surface area contributed by atoms with Crippen LogP contribution in [0, 0.1) is 0 Å². The molecule has 1 N–H and O–H groups in total. The zero-order valence-corrected chi connectivity index (χ0v) is 15.3. The monoisotopic (exact) mass is 312 g/mol. The molecule has 1 atom stereocenters. The first-order valence-corrected chi connectivity index (χ1v) is 9.01. The third-order valence-corrected chi connectivity index (χ3v) is 4.52. The van der Waals surface area contributed by atoms with Crippen molar-refractivity contribution in [2.75, 3.05) is 6.16 Å². The van der Waals surface area contributed by atoms with E-state index in [9.17, 15) is 9.67 Å². The van der Waals surface area contributed by atoms with Crippen molar-refractivity contribution in [1.29, 1.82) is 0 Å². The molecule has 3 nitrogen and oxygen atoms in total. The molecule has 0 aliphatic rings. The van der Waals surface area contributed by atoms with E-state index in [1.54, 1.807) is 0 Å². The van der Waals surface area contributed by atoms with Crippen molar-refractivity contribution in [3.63, 3.8) is 0 Å². The van der Waals surface area contributed by atoms with Crippen LogP contribution in [0.15, 0.2) is 12.1 Å². The molecule has 0 spiro atoms. The van der Waals surface area contributed by atoms with Crippen LogP contribution in [0.3, 0.4) is 0 Å². The topological polar surface area (TPSA) is 46.5 Å². The van der Waals surface area contributed by atoms with Crippen LogP contribution in [0.5, 0.6) is 5.75 Å². The Morgan fingerprint density at radius 1 is 1.05 bits per heavy atom. The van der Waals surface area contributed by atoms with Gasteiger partial charge in [-0.2, -0.15) is 0 Å². The quantitative estimate of drug-likeness (QED) is 0.796. The van der Waals surface area contributed by atoms with Gasteiger partial charge in [0.2, 0.25) is 0 Å². The van der Waals surface area contributed by atoms with E-state index in [-0.39, 0.29) is 10.8 Å². The third-order valence-electron chi connectivity index (χ3n) is 3.47. The highest BCUT2D eigenvalue weighted by molar-refractivity contribution is 7.39. The van der Waals surface area contributed by atoms with Gasteiger partial charge in [0.05, 0.1) is 6.61 Å². The molecule has 0 saturated carbocycles. The third kappa shape index (κ3) is 4.86. The highest BCUT2D eigenvalue weighted by Gasteiger charge is 2.26. The molecule has 0 fully saturated rings. The summed E-state index contributed by atoms with van der Waals surface area (Å²) in [7, 11) is -1.94. The molecule has 0 amide bonds. The normalized spacial score (nSPS) is 14.2. The first-order chi connectivity index (χ1) is 9.46. The van der Waals surface area contributed by atoms with E-state index in [2.05, 4.69) is 41.5 Å². The fourth-order valence-electron chi connectivity index (χ4n) is 2.19. The van der Waals surface area contributed by atoms with Gasteiger partial charge in [-0.15, -0.1) is 0 Å². The Labute approximate surface area is 129 Å². The minimum absolute atomic E-state index is 0.157. The van der Waals surface area contributed by atoms with Crippen molar-refractivity contribution >= 4 is 8.03 Å². The summed E-state index contributed by atoms with van der Waals surface area (Å²) in [4.78, 5) is 0. The second-order valence-electron chi connectivity index (χ2n) is 7.55. The average Bonchev–Trinajstić information content (AvgIpc) is 2.34. The number of phenols is 1. The molecule has 0 bridgehead atoms. The molecule has 120 valence electrons. The molecular weight excluding hydrogens is 283 g/mol. The Morgan fingerprint density at radius 3 is 1.81 bits per heavy atom. The summed E-state index contributed by atoms with van der Waals surface area (Å²) < 4.78 is 16.9. The lowest BCUT2D eigenvalue weighted by Gasteiger charge is -2.28. The van der Waals surface area contributed by atoms with Crippen LogP contribution in [0.25, 0.3) is 0 Å². The van der Waals surface area contributed by atoms with E-state index < -0.39 is 8.03 Å². The van der Waals surface area contributed by atoms with Gasteiger partial charge in [-0.1, -0.05) is 48.5 Å². The lowest BCUT2D eigenvalue weighted by Crippen LogP contribution is -2.18. The van der Waals surface area contributed by atoms with E-state index in [0.29, 0.717) is 18.5 Å².